The molecule has 1 atom stereocenters. The summed E-state index contributed by atoms with van der Waals surface area (Å²) in [5.41, 5.74) is 7.29. The predicted octanol–water partition coefficient (Wildman–Crippen LogP) is 2.33. The van der Waals surface area contributed by atoms with Crippen LogP contribution in [0, 0.1) is 5.92 Å². The first-order chi connectivity index (χ1) is 8.58. The zero-order valence-electron chi connectivity index (χ0n) is 11.3. The molecule has 1 aromatic carbocycles. The molecule has 3 N–H and O–H groups in total. The van der Waals surface area contributed by atoms with Gasteiger partial charge in [-0.3, -0.25) is 4.79 Å². The minimum Gasteiger partial charge on any atom is -0.496 e. The fourth-order valence-electron chi connectivity index (χ4n) is 1.86. The Balaban J connectivity index is 2.62. The number of rotatable bonds is 6. The summed E-state index contributed by atoms with van der Waals surface area (Å²) in [7, 11) is 1.61. The summed E-state index contributed by atoms with van der Waals surface area (Å²) in [6.45, 7) is 4.46. The average molecular weight is 250 g/mol. The number of carbonyl (C=O) groups excluding carboxylic acids is 1. The van der Waals surface area contributed by atoms with Crippen LogP contribution in [0.2, 0.25) is 0 Å². The first kappa shape index (κ1) is 14.4. The van der Waals surface area contributed by atoms with Crippen LogP contribution in [0.3, 0.4) is 0 Å². The van der Waals surface area contributed by atoms with Crippen LogP contribution < -0.4 is 15.8 Å². The molecular weight excluding hydrogens is 228 g/mol. The van der Waals surface area contributed by atoms with Crippen molar-refractivity contribution < 1.29 is 9.53 Å². The highest BCUT2D eigenvalue weighted by atomic mass is 16.5. The Labute approximate surface area is 109 Å². The van der Waals surface area contributed by atoms with Crippen molar-refractivity contribution in [3.05, 3.63) is 23.8 Å². The zero-order chi connectivity index (χ0) is 13.5. The van der Waals surface area contributed by atoms with Gasteiger partial charge in [-0.25, -0.2) is 0 Å². The van der Waals surface area contributed by atoms with E-state index in [1.54, 1.807) is 13.2 Å². The van der Waals surface area contributed by atoms with Gasteiger partial charge in [0.2, 0.25) is 5.91 Å². The summed E-state index contributed by atoms with van der Waals surface area (Å²) < 4.78 is 5.23. The Morgan fingerprint density at radius 2 is 2.22 bits per heavy atom. The lowest BCUT2D eigenvalue weighted by atomic mass is 10.1. The van der Waals surface area contributed by atoms with Gasteiger partial charge in [-0.15, -0.1) is 0 Å². The van der Waals surface area contributed by atoms with Crippen LogP contribution in [0.5, 0.6) is 5.75 Å². The normalized spacial score (nSPS) is 11.9. The van der Waals surface area contributed by atoms with Gasteiger partial charge in [0.05, 0.1) is 7.11 Å². The molecule has 0 radical (unpaired) electrons. The molecule has 1 aromatic rings. The van der Waals surface area contributed by atoms with Crippen molar-refractivity contribution in [2.75, 3.05) is 12.8 Å². The molecule has 0 saturated carbocycles. The Kier molecular flexibility index (Phi) is 5.49. The number of methoxy groups -OCH3 is 1. The number of nitrogen functional groups attached to an aromatic ring is 1. The van der Waals surface area contributed by atoms with Gasteiger partial charge in [0.25, 0.3) is 0 Å². The van der Waals surface area contributed by atoms with Crippen LogP contribution in [-0.4, -0.2) is 13.0 Å². The van der Waals surface area contributed by atoms with Crippen LogP contribution in [0.25, 0.3) is 0 Å². The van der Waals surface area contributed by atoms with Crippen molar-refractivity contribution >= 4 is 11.6 Å². The van der Waals surface area contributed by atoms with E-state index in [0.29, 0.717) is 12.2 Å². The summed E-state index contributed by atoms with van der Waals surface area (Å²) in [5, 5.41) is 2.91. The molecular formula is C14H22N2O2. The molecule has 0 aliphatic carbocycles. The van der Waals surface area contributed by atoms with Gasteiger partial charge in [0.1, 0.15) is 5.75 Å². The van der Waals surface area contributed by atoms with Crippen LogP contribution in [-0.2, 0) is 11.3 Å². The number of anilines is 1. The topological polar surface area (TPSA) is 64.4 Å². The van der Waals surface area contributed by atoms with Gasteiger partial charge >= 0.3 is 0 Å². The first-order valence-corrected chi connectivity index (χ1v) is 6.28. The molecule has 0 bridgehead atoms. The highest BCUT2D eigenvalue weighted by molar-refractivity contribution is 5.78. The van der Waals surface area contributed by atoms with E-state index in [4.69, 9.17) is 10.5 Å². The van der Waals surface area contributed by atoms with Crippen LogP contribution in [0.1, 0.15) is 32.3 Å². The van der Waals surface area contributed by atoms with E-state index in [0.717, 1.165) is 24.2 Å². The van der Waals surface area contributed by atoms with Crippen molar-refractivity contribution in [2.24, 2.45) is 5.92 Å². The summed E-state index contributed by atoms with van der Waals surface area (Å²) in [6, 6.07) is 5.42. The Morgan fingerprint density at radius 1 is 1.50 bits per heavy atom. The first-order valence-electron chi connectivity index (χ1n) is 6.28. The van der Waals surface area contributed by atoms with E-state index in [-0.39, 0.29) is 11.8 Å². The molecule has 0 spiro atoms. The van der Waals surface area contributed by atoms with Crippen molar-refractivity contribution in [3.8, 4) is 5.75 Å². The minimum absolute atomic E-state index is 0.0436. The lowest BCUT2D eigenvalue weighted by Crippen LogP contribution is -2.28. The van der Waals surface area contributed by atoms with Crippen molar-refractivity contribution in [1.82, 2.24) is 5.32 Å². The second-order valence-electron chi connectivity index (χ2n) is 4.48. The van der Waals surface area contributed by atoms with Crippen molar-refractivity contribution in [2.45, 2.75) is 33.2 Å². The molecule has 0 aliphatic rings. The maximum Gasteiger partial charge on any atom is 0.223 e. The van der Waals surface area contributed by atoms with Gasteiger partial charge < -0.3 is 15.8 Å². The van der Waals surface area contributed by atoms with E-state index in [1.807, 2.05) is 19.1 Å². The zero-order valence-corrected chi connectivity index (χ0v) is 11.3. The van der Waals surface area contributed by atoms with E-state index in [2.05, 4.69) is 12.2 Å². The predicted molar refractivity (Wildman–Crippen MR) is 73.3 cm³/mol. The van der Waals surface area contributed by atoms with Gasteiger partial charge in [-0.2, -0.15) is 0 Å². The van der Waals surface area contributed by atoms with Crippen LogP contribution >= 0.6 is 0 Å². The van der Waals surface area contributed by atoms with E-state index in [9.17, 15) is 4.79 Å². The SMILES string of the molecule is CCCC(C)C(=O)NCc1cc(N)ccc1OC. The Hall–Kier alpha value is -1.71. The third-order valence-electron chi connectivity index (χ3n) is 2.93. The molecule has 4 heteroatoms. The number of benzene rings is 1. The summed E-state index contributed by atoms with van der Waals surface area (Å²) in [6.07, 6.45) is 1.91. The fraction of sp³-hybridized carbons (Fsp3) is 0.500. The quantitative estimate of drug-likeness (QED) is 0.762. The Morgan fingerprint density at radius 3 is 2.83 bits per heavy atom. The van der Waals surface area contributed by atoms with Gasteiger partial charge in [0.15, 0.2) is 0 Å². The maximum absolute atomic E-state index is 11.8. The van der Waals surface area contributed by atoms with Crippen LogP contribution in [0.15, 0.2) is 18.2 Å². The summed E-state index contributed by atoms with van der Waals surface area (Å²) in [5.74, 6) is 0.857. The molecule has 4 nitrogen and oxygen atoms in total. The molecule has 0 heterocycles. The van der Waals surface area contributed by atoms with Gasteiger partial charge in [-0.05, 0) is 24.6 Å². The number of carbonyl (C=O) groups is 1. The number of hydrogen-bond donors (Lipinski definition) is 2. The van der Waals surface area contributed by atoms with Gasteiger partial charge in [0, 0.05) is 23.7 Å². The number of nitrogens with one attached hydrogen (secondary N) is 1. The molecule has 0 saturated heterocycles. The number of ether oxygens (including phenoxy) is 1. The molecule has 0 aliphatic heterocycles. The Bertz CT molecular complexity index is 405. The second kappa shape index (κ2) is 6.89. The van der Waals surface area contributed by atoms with E-state index in [1.165, 1.54) is 0 Å². The third-order valence-corrected chi connectivity index (χ3v) is 2.93. The van der Waals surface area contributed by atoms with E-state index < -0.39 is 0 Å². The summed E-state index contributed by atoms with van der Waals surface area (Å²) >= 11 is 0. The van der Waals surface area contributed by atoms with Crippen molar-refractivity contribution in [3.63, 3.8) is 0 Å². The smallest absolute Gasteiger partial charge is 0.223 e. The molecule has 1 rings (SSSR count). The van der Waals surface area contributed by atoms with Crippen LogP contribution in [0.4, 0.5) is 5.69 Å². The van der Waals surface area contributed by atoms with Crippen molar-refractivity contribution in [1.29, 1.82) is 0 Å². The number of nitrogens with two attached hydrogens (primary N) is 1. The molecule has 100 valence electrons. The lowest BCUT2D eigenvalue weighted by Gasteiger charge is -2.13. The largest absolute Gasteiger partial charge is 0.496 e. The number of hydrogen-bond acceptors (Lipinski definition) is 3. The highest BCUT2D eigenvalue weighted by Gasteiger charge is 2.12. The monoisotopic (exact) mass is 250 g/mol. The summed E-state index contributed by atoms with van der Waals surface area (Å²) in [4.78, 5) is 11.8. The fourth-order valence-corrected chi connectivity index (χ4v) is 1.86. The third kappa shape index (κ3) is 3.95. The second-order valence-corrected chi connectivity index (χ2v) is 4.48. The average Bonchev–Trinajstić information content (AvgIpc) is 2.36. The number of amides is 1. The molecule has 0 fully saturated rings. The molecule has 18 heavy (non-hydrogen) atoms. The highest BCUT2D eigenvalue weighted by Crippen LogP contribution is 2.20. The molecule has 1 amide bonds. The van der Waals surface area contributed by atoms with Gasteiger partial charge in [-0.1, -0.05) is 20.3 Å². The van der Waals surface area contributed by atoms with E-state index >= 15 is 0 Å². The minimum atomic E-state index is 0.0436. The molecule has 0 aromatic heterocycles. The standard InChI is InChI=1S/C14H22N2O2/c1-4-5-10(2)14(17)16-9-11-8-12(15)6-7-13(11)18-3/h6-8,10H,4-5,9,15H2,1-3H3,(H,16,17). The molecule has 1 unspecified atom stereocenters. The maximum atomic E-state index is 11.8. The lowest BCUT2D eigenvalue weighted by molar-refractivity contribution is -0.124.